The van der Waals surface area contributed by atoms with Gasteiger partial charge in [0.05, 0.1) is 21.3 Å². The van der Waals surface area contributed by atoms with E-state index in [4.69, 9.17) is 15.2 Å². The van der Waals surface area contributed by atoms with Crippen molar-refractivity contribution in [2.45, 2.75) is 30.7 Å². The number of carbonyl (C=O) groups excluding carboxylic acids is 2. The molecule has 0 aliphatic rings. The van der Waals surface area contributed by atoms with Crippen molar-refractivity contribution >= 4 is 29.5 Å². The first-order valence-corrected chi connectivity index (χ1v) is 13.3. The summed E-state index contributed by atoms with van der Waals surface area (Å²) in [5, 5.41) is -0.410. The van der Waals surface area contributed by atoms with E-state index in [9.17, 15) is 9.59 Å². The van der Waals surface area contributed by atoms with E-state index in [0.717, 1.165) is 18.2 Å². The normalized spacial score (nSPS) is 15.8. The summed E-state index contributed by atoms with van der Waals surface area (Å²) in [6.07, 6.45) is 9.34. The van der Waals surface area contributed by atoms with Crippen molar-refractivity contribution in [3.05, 3.63) is 50.1 Å². The smallest absolute Gasteiger partial charge is 0.329 e. The Morgan fingerprint density at radius 1 is 1.08 bits per heavy atom. The molecular weight excluding hydrogens is 338 g/mol. The average Bonchev–Trinajstić information content (AvgIpc) is 2.57. The Kier molecular flexibility index (Phi) is 10.9. The summed E-state index contributed by atoms with van der Waals surface area (Å²) in [7, 11) is -2.95. The van der Waals surface area contributed by atoms with Gasteiger partial charge < -0.3 is 15.2 Å². The van der Waals surface area contributed by atoms with Crippen LogP contribution in [-0.2, 0) is 19.1 Å². The molecule has 0 bridgehead atoms. The number of nitrogens with two attached hydrogens (primary N) is 1. The first-order chi connectivity index (χ1) is 11.3. The summed E-state index contributed by atoms with van der Waals surface area (Å²) in [4.78, 5) is 22.5. The van der Waals surface area contributed by atoms with Crippen LogP contribution in [0.25, 0.3) is 0 Å². The summed E-state index contributed by atoms with van der Waals surface area (Å²) in [6, 6.07) is 0.804. The molecule has 0 radical (unpaired) electrons. The highest BCUT2D eigenvalue weighted by atomic mass is 28.3. The average molecular weight is 368 g/mol. The number of ether oxygens (including phenoxy) is 2. The highest BCUT2D eigenvalue weighted by Gasteiger charge is 2.35. The lowest BCUT2D eigenvalue weighted by atomic mass is 10.2. The van der Waals surface area contributed by atoms with Gasteiger partial charge in [-0.05, 0) is 12.5 Å². The molecule has 0 aromatic rings. The second kappa shape index (κ2) is 11.8. The van der Waals surface area contributed by atoms with Crippen molar-refractivity contribution in [1.82, 2.24) is 0 Å². The van der Waals surface area contributed by atoms with Gasteiger partial charge in [-0.1, -0.05) is 51.1 Å². The van der Waals surface area contributed by atoms with Gasteiger partial charge in [0.2, 0.25) is 0 Å². The van der Waals surface area contributed by atoms with Crippen molar-refractivity contribution < 1.29 is 19.1 Å². The van der Waals surface area contributed by atoms with E-state index < -0.39 is 34.7 Å². The Morgan fingerprint density at radius 3 is 2.12 bits per heavy atom. The zero-order valence-electron chi connectivity index (χ0n) is 14.7. The number of carbonyl (C=O) groups is 2. The third kappa shape index (κ3) is 8.80. The predicted molar refractivity (Wildman–Crippen MR) is 104 cm³/mol. The van der Waals surface area contributed by atoms with Crippen LogP contribution in [-0.4, -0.2) is 47.2 Å². The van der Waals surface area contributed by atoms with Crippen LogP contribution >= 0.6 is 0 Å². The van der Waals surface area contributed by atoms with Crippen LogP contribution in [0.4, 0.5) is 0 Å². The zero-order valence-corrected chi connectivity index (χ0v) is 17.0. The van der Waals surface area contributed by atoms with Crippen LogP contribution in [0.2, 0.25) is 19.1 Å². The van der Waals surface area contributed by atoms with E-state index in [0.29, 0.717) is 18.9 Å². The van der Waals surface area contributed by atoms with Gasteiger partial charge in [-0.3, -0.25) is 0 Å². The quantitative estimate of drug-likeness (QED) is 0.245. The number of hydrogen-bond donors (Lipinski definition) is 1. The maximum absolute atomic E-state index is 11.3. The van der Waals surface area contributed by atoms with Crippen molar-refractivity contribution in [3.8, 4) is 0 Å². The highest BCUT2D eigenvalue weighted by Crippen LogP contribution is 2.21. The molecule has 0 saturated heterocycles. The van der Waals surface area contributed by atoms with E-state index in [1.54, 1.807) is 6.08 Å². The topological polar surface area (TPSA) is 78.6 Å². The molecular formula is C17H29NO4Si2. The first kappa shape index (κ1) is 22.3. The minimum Gasteiger partial charge on any atom is -0.467 e. The number of rotatable bonds is 12. The third-order valence-corrected chi connectivity index (χ3v) is 9.56. The van der Waals surface area contributed by atoms with Crippen LogP contribution in [0, 0.1) is 0 Å². The van der Waals surface area contributed by atoms with Crippen molar-refractivity contribution in [2.75, 3.05) is 12.5 Å². The molecule has 24 heavy (non-hydrogen) atoms. The minimum atomic E-state index is -1.58. The van der Waals surface area contributed by atoms with E-state index in [1.165, 1.54) is 0 Å². The second-order valence-electron chi connectivity index (χ2n) is 5.98. The lowest BCUT2D eigenvalue weighted by Gasteiger charge is -2.35. The standard InChI is InChI=1S/C17H29NO4Si2/c1-6-9-10-11-17(18,24(5)14-22-16(20)8-3)12-23(4)13-21-15(19)7-2/h6-10,23-24H,1-3,11-14,18H2,4-5H3/b10-9-. The molecule has 0 aromatic carbocycles. The summed E-state index contributed by atoms with van der Waals surface area (Å²) in [5.74, 6) is -0.836. The predicted octanol–water partition coefficient (Wildman–Crippen LogP) is 1.61. The maximum Gasteiger partial charge on any atom is 0.329 e. The molecule has 0 aliphatic carbocycles. The fourth-order valence-electron chi connectivity index (χ4n) is 2.29. The van der Waals surface area contributed by atoms with Gasteiger partial charge in [-0.2, -0.15) is 0 Å². The SMILES string of the molecule is C=C/C=C\CC(N)(C[SiH](C)COC(=O)C=C)[SiH](C)COC(=O)C=C. The molecule has 0 aromatic heterocycles. The Bertz CT molecular complexity index is 493. The molecule has 0 aliphatic heterocycles. The molecule has 3 atom stereocenters. The fourth-order valence-corrected chi connectivity index (χ4v) is 8.42. The Balaban J connectivity index is 4.89. The highest BCUT2D eigenvalue weighted by molar-refractivity contribution is 6.66. The molecule has 0 rings (SSSR count). The molecule has 0 heterocycles. The Morgan fingerprint density at radius 2 is 1.62 bits per heavy atom. The van der Waals surface area contributed by atoms with Gasteiger partial charge in [-0.15, -0.1) is 0 Å². The molecule has 2 N–H and O–H groups in total. The molecule has 0 spiro atoms. The van der Waals surface area contributed by atoms with E-state index in [1.807, 2.05) is 12.2 Å². The van der Waals surface area contributed by atoms with Gasteiger partial charge in [0.1, 0.15) is 8.80 Å². The first-order valence-electron chi connectivity index (χ1n) is 7.93. The summed E-state index contributed by atoms with van der Waals surface area (Å²) < 4.78 is 10.4. The lowest BCUT2D eigenvalue weighted by Crippen LogP contribution is -2.56. The van der Waals surface area contributed by atoms with Gasteiger partial charge in [0, 0.05) is 17.3 Å². The minimum absolute atomic E-state index is 0.358. The third-order valence-electron chi connectivity index (χ3n) is 3.80. The fraction of sp³-hybridized carbons (Fsp3) is 0.412. The van der Waals surface area contributed by atoms with Crippen LogP contribution in [0.1, 0.15) is 6.42 Å². The van der Waals surface area contributed by atoms with Crippen molar-refractivity contribution in [1.29, 1.82) is 0 Å². The van der Waals surface area contributed by atoms with Gasteiger partial charge in [-0.25, -0.2) is 9.59 Å². The molecule has 3 unspecified atom stereocenters. The van der Waals surface area contributed by atoms with Crippen LogP contribution < -0.4 is 5.73 Å². The molecule has 0 amide bonds. The molecule has 134 valence electrons. The Hall–Kier alpha value is -1.71. The Labute approximate surface area is 148 Å². The summed E-state index contributed by atoms with van der Waals surface area (Å²) >= 11 is 0. The van der Waals surface area contributed by atoms with Gasteiger partial charge in [0.25, 0.3) is 0 Å². The number of hydrogen-bond acceptors (Lipinski definition) is 5. The molecule has 0 fully saturated rings. The largest absolute Gasteiger partial charge is 0.467 e. The maximum atomic E-state index is 11.3. The van der Waals surface area contributed by atoms with Gasteiger partial charge >= 0.3 is 11.9 Å². The van der Waals surface area contributed by atoms with Crippen molar-refractivity contribution in [2.24, 2.45) is 5.73 Å². The zero-order chi connectivity index (χ0) is 18.6. The van der Waals surface area contributed by atoms with Crippen molar-refractivity contribution in [3.63, 3.8) is 0 Å². The van der Waals surface area contributed by atoms with Crippen LogP contribution in [0.5, 0.6) is 0 Å². The molecule has 0 saturated carbocycles. The molecule has 5 nitrogen and oxygen atoms in total. The second-order valence-corrected chi connectivity index (χ2v) is 12.2. The van der Waals surface area contributed by atoms with Gasteiger partial charge in [0.15, 0.2) is 0 Å². The lowest BCUT2D eigenvalue weighted by molar-refractivity contribution is -0.136. The molecule has 7 heteroatoms. The van der Waals surface area contributed by atoms with Crippen LogP contribution in [0.15, 0.2) is 50.1 Å². The number of allylic oxidation sites excluding steroid dienone is 2. The summed E-state index contributed by atoms with van der Waals surface area (Å²) in [6.45, 7) is 14.7. The summed E-state index contributed by atoms with van der Waals surface area (Å²) in [5.41, 5.74) is 6.68. The van der Waals surface area contributed by atoms with E-state index in [-0.39, 0.29) is 0 Å². The van der Waals surface area contributed by atoms with E-state index in [2.05, 4.69) is 32.8 Å². The monoisotopic (exact) mass is 367 g/mol. The number of esters is 2. The van der Waals surface area contributed by atoms with Crippen LogP contribution in [0.3, 0.4) is 0 Å². The van der Waals surface area contributed by atoms with E-state index >= 15 is 0 Å².